The van der Waals surface area contributed by atoms with Gasteiger partial charge in [0, 0.05) is 29.5 Å². The summed E-state index contributed by atoms with van der Waals surface area (Å²) in [7, 11) is 0. The average molecular weight is 318 g/mol. The van der Waals surface area contributed by atoms with Crippen LogP contribution in [0.3, 0.4) is 0 Å². The number of nitrogens with zero attached hydrogens (tertiary/aromatic N) is 3. The molecule has 120 valence electrons. The molecule has 0 saturated carbocycles. The fourth-order valence-corrected chi connectivity index (χ4v) is 2.64. The van der Waals surface area contributed by atoms with Crippen LogP contribution in [0.5, 0.6) is 0 Å². The van der Waals surface area contributed by atoms with E-state index >= 15 is 0 Å². The van der Waals surface area contributed by atoms with Crippen molar-refractivity contribution in [3.05, 3.63) is 83.4 Å². The number of para-hydroxylation sites is 1. The van der Waals surface area contributed by atoms with Gasteiger partial charge >= 0.3 is 0 Å². The summed E-state index contributed by atoms with van der Waals surface area (Å²) in [4.78, 5) is 16.3. The molecule has 0 atom stereocenters. The molecule has 5 nitrogen and oxygen atoms in total. The minimum Gasteiger partial charge on any atom is -0.318 e. The minimum absolute atomic E-state index is 0.226. The van der Waals surface area contributed by atoms with Crippen molar-refractivity contribution in [2.45, 2.75) is 13.8 Å². The Hall–Kier alpha value is -3.21. The van der Waals surface area contributed by atoms with E-state index in [0.29, 0.717) is 5.56 Å². The van der Waals surface area contributed by atoms with Crippen LogP contribution < -0.4 is 5.43 Å². The maximum Gasteiger partial charge on any atom is 0.273 e. The number of hydrogen-bond acceptors (Lipinski definition) is 3. The molecule has 1 amide bonds. The Morgan fingerprint density at radius 1 is 1.12 bits per heavy atom. The number of carbonyl (C=O) groups excluding carboxylic acids is 1. The summed E-state index contributed by atoms with van der Waals surface area (Å²) in [6, 6.07) is 15.5. The van der Waals surface area contributed by atoms with Crippen LogP contribution in [-0.4, -0.2) is 21.7 Å². The zero-order valence-corrected chi connectivity index (χ0v) is 13.6. The molecule has 0 unspecified atom stereocenters. The van der Waals surface area contributed by atoms with Crippen LogP contribution in [0, 0.1) is 13.8 Å². The molecule has 0 aliphatic heterocycles. The normalized spacial score (nSPS) is 10.9. The van der Waals surface area contributed by atoms with E-state index in [1.54, 1.807) is 18.6 Å². The van der Waals surface area contributed by atoms with Crippen LogP contribution in [0.2, 0.25) is 0 Å². The summed E-state index contributed by atoms with van der Waals surface area (Å²) < 4.78 is 2.06. The molecule has 24 heavy (non-hydrogen) atoms. The molecule has 1 aromatic carbocycles. The fraction of sp³-hybridized carbons (Fsp3) is 0.105. The minimum atomic E-state index is -0.226. The zero-order chi connectivity index (χ0) is 16.9. The third-order valence-electron chi connectivity index (χ3n) is 3.78. The lowest BCUT2D eigenvalue weighted by Gasteiger charge is -2.09. The van der Waals surface area contributed by atoms with Gasteiger partial charge in [0.05, 0.1) is 11.8 Å². The van der Waals surface area contributed by atoms with E-state index in [1.807, 2.05) is 62.4 Å². The second-order valence-electron chi connectivity index (χ2n) is 5.44. The maximum atomic E-state index is 12.4. The molecule has 1 N–H and O–H groups in total. The molecular weight excluding hydrogens is 300 g/mol. The van der Waals surface area contributed by atoms with Gasteiger partial charge in [0.25, 0.3) is 5.91 Å². The number of pyridine rings is 1. The molecular formula is C19H18N4O. The van der Waals surface area contributed by atoms with E-state index in [4.69, 9.17) is 0 Å². The quantitative estimate of drug-likeness (QED) is 0.593. The van der Waals surface area contributed by atoms with Gasteiger partial charge in [-0.2, -0.15) is 5.10 Å². The average Bonchev–Trinajstić information content (AvgIpc) is 2.91. The summed E-state index contributed by atoms with van der Waals surface area (Å²) >= 11 is 0. The Kier molecular flexibility index (Phi) is 4.52. The highest BCUT2D eigenvalue weighted by Crippen LogP contribution is 2.20. The Labute approximate surface area is 140 Å². The number of rotatable bonds is 4. The molecule has 2 heterocycles. The van der Waals surface area contributed by atoms with Gasteiger partial charge in [-0.3, -0.25) is 9.78 Å². The van der Waals surface area contributed by atoms with E-state index in [1.165, 1.54) is 0 Å². The highest BCUT2D eigenvalue weighted by atomic mass is 16.2. The van der Waals surface area contributed by atoms with Gasteiger partial charge in [-0.05, 0) is 49.7 Å². The summed E-state index contributed by atoms with van der Waals surface area (Å²) in [5.41, 5.74) is 6.99. The molecule has 0 fully saturated rings. The van der Waals surface area contributed by atoms with Gasteiger partial charge in [0.15, 0.2) is 0 Å². The second kappa shape index (κ2) is 6.91. The third-order valence-corrected chi connectivity index (χ3v) is 3.78. The highest BCUT2D eigenvalue weighted by molar-refractivity contribution is 5.96. The summed E-state index contributed by atoms with van der Waals surface area (Å²) in [6.45, 7) is 3.92. The first-order chi connectivity index (χ1) is 11.7. The molecule has 0 bridgehead atoms. The van der Waals surface area contributed by atoms with Crippen LogP contribution in [0.25, 0.3) is 5.69 Å². The topological polar surface area (TPSA) is 59.3 Å². The largest absolute Gasteiger partial charge is 0.318 e. The van der Waals surface area contributed by atoms with Crippen LogP contribution in [0.1, 0.15) is 27.3 Å². The van der Waals surface area contributed by atoms with Crippen molar-refractivity contribution in [1.82, 2.24) is 15.0 Å². The SMILES string of the molecule is Cc1cc(C(=O)N/N=C\c2ccncc2)c(C)n1-c1ccccc1. The molecule has 3 aromatic rings. The number of aryl methyl sites for hydroxylation is 1. The monoisotopic (exact) mass is 318 g/mol. The highest BCUT2D eigenvalue weighted by Gasteiger charge is 2.16. The molecule has 0 aliphatic carbocycles. The Balaban J connectivity index is 1.80. The lowest BCUT2D eigenvalue weighted by atomic mass is 10.2. The predicted octanol–water partition coefficient (Wildman–Crippen LogP) is 3.25. The Morgan fingerprint density at radius 2 is 1.83 bits per heavy atom. The van der Waals surface area contributed by atoms with Crippen LogP contribution in [0.15, 0.2) is 66.0 Å². The van der Waals surface area contributed by atoms with Crippen molar-refractivity contribution in [3.63, 3.8) is 0 Å². The molecule has 2 aromatic heterocycles. The van der Waals surface area contributed by atoms with Gasteiger partial charge < -0.3 is 4.57 Å². The predicted molar refractivity (Wildman–Crippen MR) is 94.5 cm³/mol. The number of aromatic nitrogens is 2. The Morgan fingerprint density at radius 3 is 2.54 bits per heavy atom. The molecule has 0 saturated heterocycles. The molecule has 0 radical (unpaired) electrons. The van der Waals surface area contributed by atoms with Gasteiger partial charge in [0.1, 0.15) is 0 Å². The maximum absolute atomic E-state index is 12.4. The van der Waals surface area contributed by atoms with E-state index in [-0.39, 0.29) is 5.91 Å². The summed E-state index contributed by atoms with van der Waals surface area (Å²) in [5.74, 6) is -0.226. The van der Waals surface area contributed by atoms with Crippen LogP contribution >= 0.6 is 0 Å². The first-order valence-electron chi connectivity index (χ1n) is 7.64. The number of benzene rings is 1. The zero-order valence-electron chi connectivity index (χ0n) is 13.6. The summed E-state index contributed by atoms with van der Waals surface area (Å²) in [6.07, 6.45) is 4.95. The van der Waals surface area contributed by atoms with E-state index in [0.717, 1.165) is 22.6 Å². The number of hydrazone groups is 1. The lowest BCUT2D eigenvalue weighted by Crippen LogP contribution is -2.18. The van der Waals surface area contributed by atoms with Gasteiger partial charge in [0.2, 0.25) is 0 Å². The van der Waals surface area contributed by atoms with Gasteiger partial charge in [-0.15, -0.1) is 0 Å². The van der Waals surface area contributed by atoms with E-state index in [9.17, 15) is 4.79 Å². The molecule has 0 spiro atoms. The standard InChI is InChI=1S/C19H18N4O/c1-14-12-18(15(2)23(14)17-6-4-3-5-7-17)19(24)22-21-13-16-8-10-20-11-9-16/h3-13H,1-2H3,(H,22,24)/b21-13-. The van der Waals surface area contributed by atoms with Crippen molar-refractivity contribution in [2.24, 2.45) is 5.10 Å². The van der Waals surface area contributed by atoms with Crippen molar-refractivity contribution < 1.29 is 4.79 Å². The molecule has 3 rings (SSSR count). The van der Waals surface area contributed by atoms with Crippen molar-refractivity contribution in [3.8, 4) is 5.69 Å². The number of carbonyl (C=O) groups is 1. The van der Waals surface area contributed by atoms with Crippen LogP contribution in [0.4, 0.5) is 0 Å². The van der Waals surface area contributed by atoms with Crippen molar-refractivity contribution >= 4 is 12.1 Å². The smallest absolute Gasteiger partial charge is 0.273 e. The summed E-state index contributed by atoms with van der Waals surface area (Å²) in [5, 5.41) is 4.01. The van der Waals surface area contributed by atoms with E-state index in [2.05, 4.69) is 20.1 Å². The third kappa shape index (κ3) is 3.25. The van der Waals surface area contributed by atoms with Gasteiger partial charge in [-0.25, -0.2) is 5.43 Å². The molecule has 0 aliphatic rings. The fourth-order valence-electron chi connectivity index (χ4n) is 2.64. The number of hydrogen-bond donors (Lipinski definition) is 1. The van der Waals surface area contributed by atoms with Crippen molar-refractivity contribution in [2.75, 3.05) is 0 Å². The Bertz CT molecular complexity index is 867. The second-order valence-corrected chi connectivity index (χ2v) is 5.44. The molecule has 5 heteroatoms. The van der Waals surface area contributed by atoms with Gasteiger partial charge in [-0.1, -0.05) is 18.2 Å². The van der Waals surface area contributed by atoms with E-state index < -0.39 is 0 Å². The number of amides is 1. The number of nitrogens with one attached hydrogen (secondary N) is 1. The first-order valence-corrected chi connectivity index (χ1v) is 7.64. The van der Waals surface area contributed by atoms with Crippen molar-refractivity contribution in [1.29, 1.82) is 0 Å². The first kappa shape index (κ1) is 15.7. The lowest BCUT2D eigenvalue weighted by molar-refractivity contribution is 0.0954. The van der Waals surface area contributed by atoms with Crippen LogP contribution in [-0.2, 0) is 0 Å².